The predicted octanol–water partition coefficient (Wildman–Crippen LogP) is 3.79. The molecule has 0 spiro atoms. The summed E-state index contributed by atoms with van der Waals surface area (Å²) in [6, 6.07) is 22.4. The van der Waals surface area contributed by atoms with Crippen LogP contribution in [0.1, 0.15) is 42.7 Å². The van der Waals surface area contributed by atoms with Crippen LogP contribution in [0.15, 0.2) is 60.7 Å². The summed E-state index contributed by atoms with van der Waals surface area (Å²) >= 11 is 0. The maximum atomic E-state index is 11.3. The van der Waals surface area contributed by atoms with E-state index in [0.29, 0.717) is 24.4 Å². The smallest absolute Gasteiger partial charge is 0.221 e. The number of carbonyl (C=O) groups excluding carboxylic acids is 2. The van der Waals surface area contributed by atoms with Gasteiger partial charge in [0.2, 0.25) is 5.91 Å². The van der Waals surface area contributed by atoms with Crippen LogP contribution in [-0.2, 0) is 9.59 Å². The molecule has 33 heavy (non-hydrogen) atoms. The number of benzene rings is 2. The molecule has 1 unspecified atom stereocenters. The number of terminal acetylenes is 1. The Bertz CT molecular complexity index is 787. The summed E-state index contributed by atoms with van der Waals surface area (Å²) in [7, 11) is 1.71. The Kier molecular flexibility index (Phi) is 14.2. The quantitative estimate of drug-likeness (QED) is 0.659. The lowest BCUT2D eigenvalue weighted by atomic mass is 10.0. The van der Waals surface area contributed by atoms with Gasteiger partial charge in [-0.1, -0.05) is 66.2 Å². The molecule has 1 aliphatic carbocycles. The molecule has 0 aromatic heterocycles. The molecule has 2 fully saturated rings. The molecule has 2 aromatic rings. The highest BCUT2D eigenvalue weighted by Crippen LogP contribution is 2.41. The fraction of sp³-hybridized carbons (Fsp3) is 0.429. The summed E-state index contributed by atoms with van der Waals surface area (Å²) in [6.07, 6.45) is 12.3. The van der Waals surface area contributed by atoms with E-state index in [-0.39, 0.29) is 5.91 Å². The van der Waals surface area contributed by atoms with Crippen molar-refractivity contribution in [3.8, 4) is 12.8 Å². The van der Waals surface area contributed by atoms with E-state index in [0.717, 1.165) is 19.6 Å². The van der Waals surface area contributed by atoms with E-state index in [4.69, 9.17) is 4.79 Å². The number of rotatable bonds is 6. The van der Waals surface area contributed by atoms with Crippen molar-refractivity contribution in [3.63, 3.8) is 0 Å². The van der Waals surface area contributed by atoms with Crippen molar-refractivity contribution in [2.45, 2.75) is 50.6 Å². The number of hydrogen-bond donors (Lipinski definition) is 2. The second-order valence-corrected chi connectivity index (χ2v) is 8.22. The molecule has 2 atom stereocenters. The van der Waals surface area contributed by atoms with E-state index in [1.54, 1.807) is 7.05 Å². The van der Waals surface area contributed by atoms with Crippen LogP contribution in [0.4, 0.5) is 0 Å². The standard InChI is InChI=1S/C18H27N3O.C7H8.C2H2.CH2O/c1-19-18(22)9-12-21-10-7-15(8-11-21)20-17-13-16(17)14-5-3-2-4-6-14;1-7-5-3-2-4-6-7;2*1-2/h2-6,15-17,20H,7-13H2,1H3,(H,19,22);2-6H,1H3;1-2H;1H2/t16?,17-;;;/m1.../s1. The lowest BCUT2D eigenvalue weighted by Gasteiger charge is -2.32. The molecule has 1 saturated carbocycles. The molecule has 2 aromatic carbocycles. The molecule has 1 aliphatic heterocycles. The molecule has 1 heterocycles. The summed E-state index contributed by atoms with van der Waals surface area (Å²) < 4.78 is 0. The Hall–Kier alpha value is -2.94. The zero-order valence-electron chi connectivity index (χ0n) is 20.1. The fourth-order valence-electron chi connectivity index (χ4n) is 3.99. The minimum Gasteiger partial charge on any atom is -0.359 e. The van der Waals surface area contributed by atoms with E-state index in [1.165, 1.54) is 30.4 Å². The van der Waals surface area contributed by atoms with Crippen LogP contribution in [0.25, 0.3) is 0 Å². The fourth-order valence-corrected chi connectivity index (χ4v) is 3.99. The minimum atomic E-state index is 0.143. The summed E-state index contributed by atoms with van der Waals surface area (Å²) in [5.74, 6) is 0.858. The Morgan fingerprint density at radius 2 is 1.55 bits per heavy atom. The van der Waals surface area contributed by atoms with Gasteiger partial charge in [0.25, 0.3) is 0 Å². The van der Waals surface area contributed by atoms with Gasteiger partial charge in [-0.15, -0.1) is 12.8 Å². The molecule has 178 valence electrons. The van der Waals surface area contributed by atoms with Crippen molar-refractivity contribution in [2.24, 2.45) is 0 Å². The number of hydrogen-bond acceptors (Lipinski definition) is 4. The number of amides is 1. The van der Waals surface area contributed by atoms with Crippen molar-refractivity contribution in [1.82, 2.24) is 15.5 Å². The summed E-state index contributed by atoms with van der Waals surface area (Å²) in [4.78, 5) is 21.7. The van der Waals surface area contributed by atoms with Gasteiger partial charge in [-0.2, -0.15) is 0 Å². The van der Waals surface area contributed by atoms with Gasteiger partial charge in [0, 0.05) is 38.0 Å². The van der Waals surface area contributed by atoms with Crippen LogP contribution < -0.4 is 10.6 Å². The Morgan fingerprint density at radius 3 is 2.03 bits per heavy atom. The van der Waals surface area contributed by atoms with Gasteiger partial charge in [0.1, 0.15) is 6.79 Å². The average Bonchev–Trinajstić information content (AvgIpc) is 3.66. The Balaban J connectivity index is 0.000000415. The second kappa shape index (κ2) is 16.7. The van der Waals surface area contributed by atoms with Gasteiger partial charge < -0.3 is 20.3 Å². The van der Waals surface area contributed by atoms with Crippen LogP contribution in [0.3, 0.4) is 0 Å². The largest absolute Gasteiger partial charge is 0.359 e. The zero-order chi connectivity index (χ0) is 24.5. The van der Waals surface area contributed by atoms with Gasteiger partial charge in [0.15, 0.2) is 0 Å². The molecular formula is C28H39N3O2. The first-order valence-corrected chi connectivity index (χ1v) is 11.5. The number of piperidine rings is 1. The third kappa shape index (κ3) is 11.0. The number of carbonyl (C=O) groups is 2. The summed E-state index contributed by atoms with van der Waals surface area (Å²) in [6.45, 7) is 7.19. The molecule has 1 amide bonds. The number of likely N-dealkylation sites (tertiary alicyclic amines) is 1. The SMILES string of the molecule is C#C.C=O.CNC(=O)CCN1CCC(N[C@@H]2CC2c2ccccc2)CC1.Cc1ccccc1. The van der Waals surface area contributed by atoms with Gasteiger partial charge in [-0.05, 0) is 44.8 Å². The molecule has 2 aliphatic rings. The highest BCUT2D eigenvalue weighted by atomic mass is 16.1. The van der Waals surface area contributed by atoms with Crippen molar-refractivity contribution >= 4 is 12.7 Å². The molecule has 0 radical (unpaired) electrons. The highest BCUT2D eigenvalue weighted by Gasteiger charge is 2.39. The Labute approximate surface area is 200 Å². The molecular weight excluding hydrogens is 410 g/mol. The molecule has 2 N–H and O–H groups in total. The first kappa shape index (κ1) is 28.1. The Morgan fingerprint density at radius 1 is 1.00 bits per heavy atom. The third-order valence-corrected chi connectivity index (χ3v) is 5.93. The normalized spacial score (nSPS) is 19.3. The van der Waals surface area contributed by atoms with Crippen LogP contribution in [-0.4, -0.2) is 56.4 Å². The molecule has 5 nitrogen and oxygen atoms in total. The van der Waals surface area contributed by atoms with Gasteiger partial charge in [0.05, 0.1) is 0 Å². The number of nitrogens with one attached hydrogen (secondary N) is 2. The van der Waals surface area contributed by atoms with Crippen molar-refractivity contribution < 1.29 is 9.59 Å². The molecule has 0 bridgehead atoms. The van der Waals surface area contributed by atoms with Crippen LogP contribution in [0, 0.1) is 19.8 Å². The van der Waals surface area contributed by atoms with Crippen LogP contribution >= 0.6 is 0 Å². The van der Waals surface area contributed by atoms with E-state index in [9.17, 15) is 4.79 Å². The topological polar surface area (TPSA) is 61.4 Å². The van der Waals surface area contributed by atoms with E-state index in [2.05, 4.69) is 77.8 Å². The maximum Gasteiger partial charge on any atom is 0.221 e. The minimum absolute atomic E-state index is 0.143. The first-order valence-electron chi connectivity index (χ1n) is 11.5. The van der Waals surface area contributed by atoms with E-state index >= 15 is 0 Å². The van der Waals surface area contributed by atoms with Crippen LogP contribution in [0.5, 0.6) is 0 Å². The highest BCUT2D eigenvalue weighted by molar-refractivity contribution is 5.75. The van der Waals surface area contributed by atoms with Crippen molar-refractivity contribution in [3.05, 3.63) is 71.8 Å². The molecule has 4 rings (SSSR count). The number of aryl methyl sites for hydroxylation is 1. The van der Waals surface area contributed by atoms with Crippen molar-refractivity contribution in [1.29, 1.82) is 0 Å². The lowest BCUT2D eigenvalue weighted by Crippen LogP contribution is -2.44. The molecule has 5 heteroatoms. The monoisotopic (exact) mass is 449 g/mol. The van der Waals surface area contributed by atoms with Gasteiger partial charge >= 0.3 is 0 Å². The number of nitrogens with zero attached hydrogens (tertiary/aromatic N) is 1. The van der Waals surface area contributed by atoms with Crippen LogP contribution in [0.2, 0.25) is 0 Å². The zero-order valence-corrected chi connectivity index (χ0v) is 20.1. The third-order valence-electron chi connectivity index (χ3n) is 5.93. The second-order valence-electron chi connectivity index (χ2n) is 8.22. The van der Waals surface area contributed by atoms with Crippen molar-refractivity contribution in [2.75, 3.05) is 26.7 Å². The van der Waals surface area contributed by atoms with E-state index < -0.39 is 0 Å². The summed E-state index contributed by atoms with van der Waals surface area (Å²) in [5.41, 5.74) is 2.80. The summed E-state index contributed by atoms with van der Waals surface area (Å²) in [5, 5.41) is 6.52. The predicted molar refractivity (Wildman–Crippen MR) is 137 cm³/mol. The first-order chi connectivity index (χ1) is 16.2. The van der Waals surface area contributed by atoms with E-state index in [1.807, 2.05) is 25.0 Å². The average molecular weight is 450 g/mol. The maximum absolute atomic E-state index is 11.3. The molecule has 1 saturated heterocycles. The van der Waals surface area contributed by atoms with Gasteiger partial charge in [-0.25, -0.2) is 0 Å². The van der Waals surface area contributed by atoms with Gasteiger partial charge in [-0.3, -0.25) is 4.79 Å². The lowest BCUT2D eigenvalue weighted by molar-refractivity contribution is -0.121.